The predicted molar refractivity (Wildman–Crippen MR) is 74.8 cm³/mol. The average molecular weight is 236 g/mol. The van der Waals surface area contributed by atoms with Gasteiger partial charge in [0.2, 0.25) is 0 Å². The molecule has 1 aromatic carbocycles. The van der Waals surface area contributed by atoms with Gasteiger partial charge in [0.05, 0.1) is 12.2 Å². The highest BCUT2D eigenvalue weighted by Gasteiger charge is 2.05. The first-order valence-corrected chi connectivity index (χ1v) is 6.21. The molecule has 0 aliphatic rings. The van der Waals surface area contributed by atoms with E-state index >= 15 is 0 Å². The summed E-state index contributed by atoms with van der Waals surface area (Å²) in [6.45, 7) is 5.01. The van der Waals surface area contributed by atoms with Crippen molar-refractivity contribution in [3.05, 3.63) is 65.6 Å². The molecule has 0 bridgehead atoms. The molecule has 2 aromatic heterocycles. The third-order valence-electron chi connectivity index (χ3n) is 3.27. The zero-order valence-corrected chi connectivity index (χ0v) is 10.7. The van der Waals surface area contributed by atoms with E-state index in [9.17, 15) is 0 Å². The lowest BCUT2D eigenvalue weighted by atomic mass is 10.2. The van der Waals surface area contributed by atoms with E-state index in [0.717, 1.165) is 17.9 Å². The van der Waals surface area contributed by atoms with Crippen molar-refractivity contribution in [3.63, 3.8) is 0 Å². The maximum atomic E-state index is 4.56. The Hall–Kier alpha value is -2.09. The van der Waals surface area contributed by atoms with Crippen LogP contribution in [0.3, 0.4) is 0 Å². The molecule has 0 atom stereocenters. The van der Waals surface area contributed by atoms with Gasteiger partial charge in [0.1, 0.15) is 0 Å². The number of para-hydroxylation sites is 1. The van der Waals surface area contributed by atoms with Crippen molar-refractivity contribution in [1.82, 2.24) is 9.55 Å². The van der Waals surface area contributed by atoms with Crippen molar-refractivity contribution in [2.75, 3.05) is 0 Å². The van der Waals surface area contributed by atoms with E-state index in [2.05, 4.69) is 59.1 Å². The standard InChI is InChI=1S/C16H16N2/c1-12-10-18(16-9-4-3-8-15(12)16)11-14-7-5-6-13(2)17-14/h3-10H,11H2,1-2H3. The molecule has 0 fully saturated rings. The first-order chi connectivity index (χ1) is 8.74. The van der Waals surface area contributed by atoms with Gasteiger partial charge in [0, 0.05) is 22.8 Å². The number of fused-ring (bicyclic) bond motifs is 1. The Morgan fingerprint density at radius 2 is 1.83 bits per heavy atom. The molecule has 0 spiro atoms. The number of aromatic nitrogens is 2. The molecule has 0 saturated carbocycles. The Kier molecular flexibility index (Phi) is 2.63. The normalized spacial score (nSPS) is 11.0. The minimum absolute atomic E-state index is 0.829. The summed E-state index contributed by atoms with van der Waals surface area (Å²) in [4.78, 5) is 4.56. The van der Waals surface area contributed by atoms with Crippen LogP contribution < -0.4 is 0 Å². The number of hydrogen-bond donors (Lipinski definition) is 0. The van der Waals surface area contributed by atoms with Crippen LogP contribution in [0.2, 0.25) is 0 Å². The molecule has 3 aromatic rings. The second-order valence-corrected chi connectivity index (χ2v) is 4.73. The Labute approximate surface area is 107 Å². The Morgan fingerprint density at radius 3 is 2.67 bits per heavy atom. The lowest BCUT2D eigenvalue weighted by Gasteiger charge is -2.05. The van der Waals surface area contributed by atoms with Crippen LogP contribution in [0.25, 0.3) is 10.9 Å². The third kappa shape index (κ3) is 1.90. The maximum Gasteiger partial charge on any atom is 0.0648 e. The van der Waals surface area contributed by atoms with Crippen LogP contribution in [0, 0.1) is 13.8 Å². The van der Waals surface area contributed by atoms with Crippen molar-refractivity contribution in [2.45, 2.75) is 20.4 Å². The van der Waals surface area contributed by atoms with Gasteiger partial charge in [-0.1, -0.05) is 24.3 Å². The fourth-order valence-corrected chi connectivity index (χ4v) is 2.42. The van der Waals surface area contributed by atoms with Crippen LogP contribution in [0.15, 0.2) is 48.7 Å². The van der Waals surface area contributed by atoms with Gasteiger partial charge in [0.15, 0.2) is 0 Å². The summed E-state index contributed by atoms with van der Waals surface area (Å²) in [6.07, 6.45) is 2.20. The zero-order valence-electron chi connectivity index (χ0n) is 10.7. The molecular weight excluding hydrogens is 220 g/mol. The molecule has 2 nitrogen and oxygen atoms in total. The first kappa shape index (κ1) is 11.0. The van der Waals surface area contributed by atoms with Crippen molar-refractivity contribution < 1.29 is 0 Å². The summed E-state index contributed by atoms with van der Waals surface area (Å²) >= 11 is 0. The van der Waals surface area contributed by atoms with Crippen LogP contribution in [0.5, 0.6) is 0 Å². The van der Waals surface area contributed by atoms with Gasteiger partial charge in [-0.2, -0.15) is 0 Å². The van der Waals surface area contributed by atoms with E-state index in [1.807, 2.05) is 13.0 Å². The molecule has 90 valence electrons. The largest absolute Gasteiger partial charge is 0.341 e. The summed E-state index contributed by atoms with van der Waals surface area (Å²) in [6, 6.07) is 14.7. The molecule has 0 radical (unpaired) electrons. The van der Waals surface area contributed by atoms with Crippen LogP contribution in [0.4, 0.5) is 0 Å². The van der Waals surface area contributed by atoms with Crippen LogP contribution in [0.1, 0.15) is 17.0 Å². The minimum Gasteiger partial charge on any atom is -0.341 e. The number of nitrogens with zero attached hydrogens (tertiary/aromatic N) is 2. The number of pyridine rings is 1. The number of benzene rings is 1. The highest BCUT2D eigenvalue weighted by molar-refractivity contribution is 5.83. The van der Waals surface area contributed by atoms with Crippen molar-refractivity contribution in [1.29, 1.82) is 0 Å². The van der Waals surface area contributed by atoms with Crippen LogP contribution in [-0.2, 0) is 6.54 Å². The molecule has 0 aliphatic carbocycles. The number of hydrogen-bond acceptors (Lipinski definition) is 1. The molecule has 2 heteroatoms. The molecule has 0 saturated heterocycles. The highest BCUT2D eigenvalue weighted by atomic mass is 15.0. The van der Waals surface area contributed by atoms with Gasteiger partial charge in [0.25, 0.3) is 0 Å². The van der Waals surface area contributed by atoms with Gasteiger partial charge < -0.3 is 4.57 Å². The number of aryl methyl sites for hydroxylation is 2. The molecule has 0 aliphatic heterocycles. The van der Waals surface area contributed by atoms with Crippen molar-refractivity contribution in [2.24, 2.45) is 0 Å². The fourth-order valence-electron chi connectivity index (χ4n) is 2.42. The highest BCUT2D eigenvalue weighted by Crippen LogP contribution is 2.21. The van der Waals surface area contributed by atoms with Crippen LogP contribution in [-0.4, -0.2) is 9.55 Å². The molecule has 0 N–H and O–H groups in total. The lowest BCUT2D eigenvalue weighted by molar-refractivity contribution is 0.800. The Bertz CT molecular complexity index is 695. The summed E-state index contributed by atoms with van der Waals surface area (Å²) in [7, 11) is 0. The van der Waals surface area contributed by atoms with Gasteiger partial charge in [-0.05, 0) is 37.6 Å². The van der Waals surface area contributed by atoms with E-state index in [1.54, 1.807) is 0 Å². The molecule has 0 unspecified atom stereocenters. The minimum atomic E-state index is 0.829. The van der Waals surface area contributed by atoms with Gasteiger partial charge in [-0.3, -0.25) is 4.98 Å². The Balaban J connectivity index is 2.05. The van der Waals surface area contributed by atoms with Crippen molar-refractivity contribution in [3.8, 4) is 0 Å². The Morgan fingerprint density at radius 1 is 1.00 bits per heavy atom. The van der Waals surface area contributed by atoms with E-state index in [-0.39, 0.29) is 0 Å². The SMILES string of the molecule is Cc1cccc(Cn2cc(C)c3ccccc32)n1. The maximum absolute atomic E-state index is 4.56. The zero-order chi connectivity index (χ0) is 12.5. The van der Waals surface area contributed by atoms with Gasteiger partial charge in [-0.15, -0.1) is 0 Å². The topological polar surface area (TPSA) is 17.8 Å². The fraction of sp³-hybridized carbons (Fsp3) is 0.188. The van der Waals surface area contributed by atoms with E-state index in [1.165, 1.54) is 16.5 Å². The molecule has 3 rings (SSSR count). The monoisotopic (exact) mass is 236 g/mol. The second kappa shape index (κ2) is 4.30. The number of rotatable bonds is 2. The summed E-state index contributed by atoms with van der Waals surface area (Å²) in [5, 5.41) is 1.32. The summed E-state index contributed by atoms with van der Waals surface area (Å²) in [5.41, 5.74) is 4.77. The third-order valence-corrected chi connectivity index (χ3v) is 3.27. The van der Waals surface area contributed by atoms with E-state index in [0.29, 0.717) is 0 Å². The van der Waals surface area contributed by atoms with Gasteiger partial charge in [-0.25, -0.2) is 0 Å². The molecule has 18 heavy (non-hydrogen) atoms. The summed E-state index contributed by atoms with van der Waals surface area (Å²) < 4.78 is 2.27. The first-order valence-electron chi connectivity index (χ1n) is 6.21. The average Bonchev–Trinajstić information content (AvgIpc) is 2.67. The second-order valence-electron chi connectivity index (χ2n) is 4.73. The predicted octanol–water partition coefficient (Wildman–Crippen LogP) is 3.70. The summed E-state index contributed by atoms with van der Waals surface area (Å²) in [5.74, 6) is 0. The molecular formula is C16H16N2. The lowest BCUT2D eigenvalue weighted by Crippen LogP contribution is -2.00. The van der Waals surface area contributed by atoms with E-state index in [4.69, 9.17) is 0 Å². The van der Waals surface area contributed by atoms with Crippen molar-refractivity contribution >= 4 is 10.9 Å². The van der Waals surface area contributed by atoms with Crippen LogP contribution >= 0.6 is 0 Å². The smallest absolute Gasteiger partial charge is 0.0648 e. The molecule has 2 heterocycles. The molecule has 0 amide bonds. The van der Waals surface area contributed by atoms with Gasteiger partial charge >= 0.3 is 0 Å². The van der Waals surface area contributed by atoms with E-state index < -0.39 is 0 Å². The quantitative estimate of drug-likeness (QED) is 0.663.